The van der Waals surface area contributed by atoms with Crippen molar-refractivity contribution >= 4 is 0 Å². The number of nitrogens with zero attached hydrogens (tertiary/aromatic N) is 5. The Morgan fingerprint density at radius 1 is 1.00 bits per heavy atom. The molecule has 0 fully saturated rings. The van der Waals surface area contributed by atoms with Gasteiger partial charge in [0, 0.05) is 6.42 Å². The van der Waals surface area contributed by atoms with Crippen molar-refractivity contribution in [1.82, 2.24) is 0 Å². The minimum atomic E-state index is -1.65. The van der Waals surface area contributed by atoms with E-state index < -0.39 is 17.3 Å². The molecule has 0 heterocycles. The molecule has 78 valence electrons. The molecule has 0 saturated carbocycles. The van der Waals surface area contributed by atoms with E-state index in [1.165, 1.54) is 6.92 Å². The van der Waals surface area contributed by atoms with E-state index in [-0.39, 0.29) is 12.8 Å². The predicted molar refractivity (Wildman–Crippen MR) is 52.4 cm³/mol. The standard InChI is InChI=1S/C11H9N5/c1-9(5-13)11(7-15,8-16)10(6-14)3-2-4-12/h9-10H,2-3H2,1H3. The van der Waals surface area contributed by atoms with Crippen LogP contribution in [0.2, 0.25) is 0 Å². The van der Waals surface area contributed by atoms with Crippen LogP contribution in [-0.2, 0) is 0 Å². The van der Waals surface area contributed by atoms with Gasteiger partial charge in [-0.05, 0) is 13.3 Å². The summed E-state index contributed by atoms with van der Waals surface area (Å²) >= 11 is 0. The van der Waals surface area contributed by atoms with Crippen LogP contribution in [0, 0.1) is 73.9 Å². The molecule has 0 aliphatic rings. The Morgan fingerprint density at radius 3 is 1.88 bits per heavy atom. The smallest absolute Gasteiger partial charge is 0.174 e. The van der Waals surface area contributed by atoms with Crippen molar-refractivity contribution in [3.05, 3.63) is 0 Å². The Balaban J connectivity index is 5.31. The molecule has 0 aliphatic heterocycles. The second kappa shape index (κ2) is 6.03. The van der Waals surface area contributed by atoms with Gasteiger partial charge in [0.05, 0.1) is 42.2 Å². The highest BCUT2D eigenvalue weighted by Gasteiger charge is 2.45. The molecule has 2 atom stereocenters. The lowest BCUT2D eigenvalue weighted by molar-refractivity contribution is 0.303. The number of nitriles is 5. The van der Waals surface area contributed by atoms with Crippen LogP contribution in [-0.4, -0.2) is 0 Å². The van der Waals surface area contributed by atoms with E-state index in [2.05, 4.69) is 0 Å². The lowest BCUT2D eigenvalue weighted by Gasteiger charge is -2.25. The van der Waals surface area contributed by atoms with Crippen molar-refractivity contribution < 1.29 is 0 Å². The average Bonchev–Trinajstić information content (AvgIpc) is 2.34. The van der Waals surface area contributed by atoms with Crippen LogP contribution in [0.1, 0.15) is 19.8 Å². The van der Waals surface area contributed by atoms with E-state index in [1.807, 2.05) is 18.2 Å². The molecule has 16 heavy (non-hydrogen) atoms. The SMILES string of the molecule is CC(C#N)C(C#N)(C#N)C(C#N)CCC#N. The molecule has 0 aromatic carbocycles. The zero-order chi connectivity index (χ0) is 12.6. The van der Waals surface area contributed by atoms with Crippen LogP contribution < -0.4 is 0 Å². The Morgan fingerprint density at radius 2 is 1.56 bits per heavy atom. The third-order valence-corrected chi connectivity index (χ3v) is 2.50. The summed E-state index contributed by atoms with van der Waals surface area (Å²) < 4.78 is 0. The zero-order valence-electron chi connectivity index (χ0n) is 8.80. The number of hydrogen-bond donors (Lipinski definition) is 0. The summed E-state index contributed by atoms with van der Waals surface area (Å²) in [5, 5.41) is 44.2. The normalized spacial score (nSPS) is 13.0. The molecule has 0 spiro atoms. The molecule has 0 amide bonds. The summed E-state index contributed by atoms with van der Waals surface area (Å²) in [4.78, 5) is 0. The molecular weight excluding hydrogens is 202 g/mol. The topological polar surface area (TPSA) is 119 Å². The van der Waals surface area contributed by atoms with Gasteiger partial charge in [0.15, 0.2) is 5.41 Å². The van der Waals surface area contributed by atoms with Gasteiger partial charge in [0.1, 0.15) is 0 Å². The molecule has 2 unspecified atom stereocenters. The van der Waals surface area contributed by atoms with Gasteiger partial charge in [-0.2, -0.15) is 26.3 Å². The molecule has 0 aromatic heterocycles. The van der Waals surface area contributed by atoms with Gasteiger partial charge in [-0.25, -0.2) is 0 Å². The third kappa shape index (κ3) is 2.27. The second-order valence-corrected chi connectivity index (χ2v) is 3.32. The predicted octanol–water partition coefficient (Wildman–Crippen LogP) is 1.62. The van der Waals surface area contributed by atoms with Crippen LogP contribution >= 0.6 is 0 Å². The monoisotopic (exact) mass is 211 g/mol. The number of rotatable bonds is 4. The van der Waals surface area contributed by atoms with E-state index in [0.29, 0.717) is 0 Å². The zero-order valence-corrected chi connectivity index (χ0v) is 8.80. The largest absolute Gasteiger partial charge is 0.198 e. The van der Waals surface area contributed by atoms with Gasteiger partial charge in [-0.3, -0.25) is 0 Å². The molecule has 0 bridgehead atoms. The summed E-state index contributed by atoms with van der Waals surface area (Å²) in [6.07, 6.45) is 0.210. The summed E-state index contributed by atoms with van der Waals surface area (Å²) in [7, 11) is 0. The van der Waals surface area contributed by atoms with E-state index >= 15 is 0 Å². The Bertz CT molecular complexity index is 431. The highest BCUT2D eigenvalue weighted by atomic mass is 14.5. The quantitative estimate of drug-likeness (QED) is 0.699. The maximum Gasteiger partial charge on any atom is 0.174 e. The fraction of sp³-hybridized carbons (Fsp3) is 0.545. The van der Waals surface area contributed by atoms with Gasteiger partial charge in [0.2, 0.25) is 0 Å². The first-order chi connectivity index (χ1) is 7.62. The van der Waals surface area contributed by atoms with Gasteiger partial charge in [0.25, 0.3) is 0 Å². The highest BCUT2D eigenvalue weighted by molar-refractivity contribution is 5.26. The van der Waals surface area contributed by atoms with Crippen molar-refractivity contribution in [1.29, 1.82) is 26.3 Å². The molecule has 0 N–H and O–H groups in total. The van der Waals surface area contributed by atoms with Crippen molar-refractivity contribution in [2.45, 2.75) is 19.8 Å². The third-order valence-electron chi connectivity index (χ3n) is 2.50. The molecule has 0 aliphatic carbocycles. The summed E-state index contributed by atoms with van der Waals surface area (Å²) in [5.74, 6) is -1.79. The van der Waals surface area contributed by atoms with E-state index in [1.54, 1.807) is 12.1 Å². The summed E-state index contributed by atoms with van der Waals surface area (Å²) in [6.45, 7) is 1.43. The average molecular weight is 211 g/mol. The Hall–Kier alpha value is -2.55. The lowest BCUT2D eigenvalue weighted by atomic mass is 9.68. The van der Waals surface area contributed by atoms with Crippen LogP contribution in [0.4, 0.5) is 0 Å². The maximum atomic E-state index is 9.02. The first kappa shape index (κ1) is 13.4. The first-order valence-corrected chi connectivity index (χ1v) is 4.61. The van der Waals surface area contributed by atoms with Crippen LogP contribution in [0.15, 0.2) is 0 Å². The van der Waals surface area contributed by atoms with Crippen molar-refractivity contribution in [2.75, 3.05) is 0 Å². The van der Waals surface area contributed by atoms with Crippen molar-refractivity contribution in [2.24, 2.45) is 17.3 Å². The van der Waals surface area contributed by atoms with E-state index in [4.69, 9.17) is 26.3 Å². The second-order valence-electron chi connectivity index (χ2n) is 3.32. The first-order valence-electron chi connectivity index (χ1n) is 4.61. The van der Waals surface area contributed by atoms with E-state index in [9.17, 15) is 0 Å². The molecule has 0 aromatic rings. The van der Waals surface area contributed by atoms with Crippen LogP contribution in [0.5, 0.6) is 0 Å². The molecule has 0 saturated heterocycles. The summed E-state index contributed by atoms with van der Waals surface area (Å²) in [6, 6.07) is 9.05. The van der Waals surface area contributed by atoms with Crippen LogP contribution in [0.25, 0.3) is 0 Å². The molecular formula is C11H9N5. The van der Waals surface area contributed by atoms with Crippen molar-refractivity contribution in [3.8, 4) is 30.3 Å². The Labute approximate surface area is 94.4 Å². The Kier molecular flexibility index (Phi) is 5.07. The van der Waals surface area contributed by atoms with Gasteiger partial charge >= 0.3 is 0 Å². The van der Waals surface area contributed by atoms with Gasteiger partial charge < -0.3 is 0 Å². The minimum absolute atomic E-state index is 0.0848. The molecule has 0 rings (SSSR count). The molecule has 5 heteroatoms. The van der Waals surface area contributed by atoms with Gasteiger partial charge in [-0.15, -0.1) is 0 Å². The highest BCUT2D eigenvalue weighted by Crippen LogP contribution is 2.37. The fourth-order valence-corrected chi connectivity index (χ4v) is 1.38. The lowest BCUT2D eigenvalue weighted by Crippen LogP contribution is -2.33. The van der Waals surface area contributed by atoms with E-state index in [0.717, 1.165) is 0 Å². The minimum Gasteiger partial charge on any atom is -0.198 e. The van der Waals surface area contributed by atoms with Gasteiger partial charge in [-0.1, -0.05) is 0 Å². The maximum absolute atomic E-state index is 9.02. The molecule has 5 nitrogen and oxygen atoms in total. The summed E-state index contributed by atoms with van der Waals surface area (Å²) in [5.41, 5.74) is -1.65. The fourth-order valence-electron chi connectivity index (χ4n) is 1.38. The van der Waals surface area contributed by atoms with Crippen molar-refractivity contribution in [3.63, 3.8) is 0 Å². The number of hydrogen-bond acceptors (Lipinski definition) is 5. The van der Waals surface area contributed by atoms with Crippen LogP contribution in [0.3, 0.4) is 0 Å². The molecule has 0 radical (unpaired) electrons.